The number of allylic oxidation sites excluding steroid dienone is 5. The highest BCUT2D eigenvalue weighted by Gasteiger charge is 2.23. The summed E-state index contributed by atoms with van der Waals surface area (Å²) in [6, 6.07) is 3.58. The van der Waals surface area contributed by atoms with Crippen LogP contribution in [0.1, 0.15) is 63.6 Å². The zero-order valence-corrected chi connectivity index (χ0v) is 21.9. The van der Waals surface area contributed by atoms with Gasteiger partial charge < -0.3 is 4.90 Å². The third kappa shape index (κ3) is 6.55. The Bertz CT molecular complexity index is 1090. The molecule has 35 heavy (non-hydrogen) atoms. The third-order valence-corrected chi connectivity index (χ3v) is 6.70. The van der Waals surface area contributed by atoms with E-state index in [1.54, 1.807) is 17.2 Å². The summed E-state index contributed by atoms with van der Waals surface area (Å²) >= 11 is 0. The van der Waals surface area contributed by atoms with Gasteiger partial charge in [0.2, 0.25) is 0 Å². The highest BCUT2D eigenvalue weighted by molar-refractivity contribution is 6.10. The lowest BCUT2D eigenvalue weighted by molar-refractivity contribution is 0.199. The van der Waals surface area contributed by atoms with Crippen LogP contribution < -0.4 is 0 Å². The van der Waals surface area contributed by atoms with E-state index in [-0.39, 0.29) is 5.82 Å². The molecule has 0 amide bonds. The first kappa shape index (κ1) is 26.6. The van der Waals surface area contributed by atoms with Crippen LogP contribution in [-0.2, 0) is 0 Å². The zero-order valence-electron chi connectivity index (χ0n) is 21.9. The number of likely N-dealkylation sites (tertiary alicyclic amines) is 1. The lowest BCUT2D eigenvalue weighted by Gasteiger charge is -2.32. The van der Waals surface area contributed by atoms with Crippen LogP contribution in [0.4, 0.5) is 4.39 Å². The highest BCUT2D eigenvalue weighted by atomic mass is 19.1. The van der Waals surface area contributed by atoms with Gasteiger partial charge in [-0.1, -0.05) is 26.2 Å². The second kappa shape index (κ2) is 12.1. The Morgan fingerprint density at radius 2 is 1.97 bits per heavy atom. The van der Waals surface area contributed by atoms with Crippen molar-refractivity contribution in [2.24, 2.45) is 16.0 Å². The lowest BCUT2D eigenvalue weighted by Crippen LogP contribution is -2.34. The summed E-state index contributed by atoms with van der Waals surface area (Å²) in [5.74, 6) is 0.0975. The van der Waals surface area contributed by atoms with Gasteiger partial charge in [0.25, 0.3) is 0 Å². The summed E-state index contributed by atoms with van der Waals surface area (Å²) in [6.07, 6.45) is 12.7. The van der Waals surface area contributed by atoms with Gasteiger partial charge in [0.15, 0.2) is 0 Å². The molecule has 0 saturated carbocycles. The van der Waals surface area contributed by atoms with Crippen molar-refractivity contribution < 1.29 is 4.39 Å². The minimum Gasteiger partial charge on any atom is -0.303 e. The Kier molecular flexibility index (Phi) is 9.16. The van der Waals surface area contributed by atoms with E-state index in [1.807, 2.05) is 58.3 Å². The number of halogens is 1. The molecule has 1 aromatic carbocycles. The Morgan fingerprint density at radius 1 is 1.26 bits per heavy atom. The zero-order chi connectivity index (χ0) is 25.5. The van der Waals surface area contributed by atoms with E-state index in [2.05, 4.69) is 30.0 Å². The van der Waals surface area contributed by atoms with E-state index in [0.29, 0.717) is 17.2 Å². The standard InChI is InChI=1S/C30H39FN4/c1-8-13-34-14-11-25(12-15-34)29(32-10-3)19-27-23(6)16-26(18-28(27)31)30-17-22(5)24(7)35(33-30)20-21(4)9-2/h9-10,16-20,25H,2,7-8,11-15H2,1,3-6H3/b21-20-,29-19-,32-10?. The summed E-state index contributed by atoms with van der Waals surface area (Å²) in [4.78, 5) is 7.17. The fourth-order valence-electron chi connectivity index (χ4n) is 4.58. The van der Waals surface area contributed by atoms with Gasteiger partial charge in [-0.15, -0.1) is 0 Å². The Hall–Kier alpha value is -3.05. The van der Waals surface area contributed by atoms with E-state index < -0.39 is 0 Å². The monoisotopic (exact) mass is 474 g/mol. The molecule has 0 N–H and O–H groups in total. The second-order valence-corrected chi connectivity index (χ2v) is 9.44. The van der Waals surface area contributed by atoms with Crippen molar-refractivity contribution in [1.82, 2.24) is 9.91 Å². The Morgan fingerprint density at radius 3 is 2.57 bits per heavy atom. The molecule has 1 fully saturated rings. The molecule has 5 heteroatoms. The molecule has 0 spiro atoms. The van der Waals surface area contributed by atoms with Gasteiger partial charge in [0.05, 0.1) is 11.4 Å². The van der Waals surface area contributed by atoms with Crippen LogP contribution in [0, 0.1) is 18.7 Å². The second-order valence-electron chi connectivity index (χ2n) is 9.44. The molecule has 2 aliphatic rings. The molecule has 0 atom stereocenters. The molecule has 186 valence electrons. The van der Waals surface area contributed by atoms with Gasteiger partial charge >= 0.3 is 0 Å². The van der Waals surface area contributed by atoms with E-state index in [4.69, 9.17) is 5.10 Å². The number of rotatable bonds is 8. The van der Waals surface area contributed by atoms with E-state index in [0.717, 1.165) is 66.1 Å². The molecule has 0 bridgehead atoms. The van der Waals surface area contributed by atoms with Crippen molar-refractivity contribution in [3.8, 4) is 0 Å². The van der Waals surface area contributed by atoms with E-state index in [9.17, 15) is 0 Å². The molecule has 0 aliphatic carbocycles. The van der Waals surface area contributed by atoms with Gasteiger partial charge in [0, 0.05) is 35.2 Å². The summed E-state index contributed by atoms with van der Waals surface area (Å²) in [7, 11) is 0. The van der Waals surface area contributed by atoms with Crippen molar-refractivity contribution in [3.63, 3.8) is 0 Å². The van der Waals surface area contributed by atoms with Gasteiger partial charge in [0.1, 0.15) is 5.82 Å². The normalized spacial score (nSPS) is 18.8. The average Bonchev–Trinajstić information content (AvgIpc) is 2.84. The molecule has 2 aliphatic heterocycles. The largest absolute Gasteiger partial charge is 0.303 e. The minimum atomic E-state index is -0.255. The van der Waals surface area contributed by atoms with E-state index >= 15 is 4.39 Å². The van der Waals surface area contributed by atoms with E-state index in [1.165, 1.54) is 6.42 Å². The van der Waals surface area contributed by atoms with Crippen LogP contribution in [-0.4, -0.2) is 41.5 Å². The molecular formula is C30H39FN4. The van der Waals surface area contributed by atoms with Gasteiger partial charge in [-0.2, -0.15) is 5.10 Å². The Labute approximate surface area is 210 Å². The number of nitrogens with zero attached hydrogens (tertiary/aromatic N) is 4. The number of hydrogen-bond acceptors (Lipinski definition) is 4. The van der Waals surface area contributed by atoms with Gasteiger partial charge in [-0.3, -0.25) is 4.99 Å². The molecule has 0 aromatic heterocycles. The fraction of sp³-hybridized carbons (Fsp3) is 0.400. The van der Waals surface area contributed by atoms with Crippen LogP contribution in [0.3, 0.4) is 0 Å². The highest BCUT2D eigenvalue weighted by Crippen LogP contribution is 2.30. The van der Waals surface area contributed by atoms with Gasteiger partial charge in [-0.05, 0) is 108 Å². The summed E-state index contributed by atoms with van der Waals surface area (Å²) < 4.78 is 15.5. The predicted molar refractivity (Wildman–Crippen MR) is 148 cm³/mol. The fourth-order valence-corrected chi connectivity index (χ4v) is 4.58. The smallest absolute Gasteiger partial charge is 0.131 e. The maximum absolute atomic E-state index is 15.5. The number of benzene rings is 1. The van der Waals surface area contributed by atoms with Crippen LogP contribution in [0.15, 0.2) is 76.3 Å². The number of aryl methyl sites for hydroxylation is 1. The maximum atomic E-state index is 15.5. The number of hydrazone groups is 1. The number of aliphatic imine (C=N–C) groups is 1. The third-order valence-electron chi connectivity index (χ3n) is 6.70. The lowest BCUT2D eigenvalue weighted by atomic mass is 9.91. The molecule has 0 unspecified atom stereocenters. The maximum Gasteiger partial charge on any atom is 0.131 e. The van der Waals surface area contributed by atoms with Crippen LogP contribution in [0.25, 0.3) is 6.08 Å². The first-order valence-corrected chi connectivity index (χ1v) is 12.6. The first-order valence-electron chi connectivity index (χ1n) is 12.6. The quantitative estimate of drug-likeness (QED) is 0.293. The number of piperidine rings is 1. The van der Waals surface area contributed by atoms with Gasteiger partial charge in [-0.25, -0.2) is 9.40 Å². The molecule has 4 nitrogen and oxygen atoms in total. The summed E-state index contributed by atoms with van der Waals surface area (Å²) in [5.41, 5.74) is 6.63. The predicted octanol–water partition coefficient (Wildman–Crippen LogP) is 7.26. The molecule has 1 saturated heterocycles. The van der Waals surface area contributed by atoms with Crippen molar-refractivity contribution in [2.45, 2.75) is 53.9 Å². The van der Waals surface area contributed by atoms with Crippen molar-refractivity contribution in [3.05, 3.63) is 88.7 Å². The molecule has 2 heterocycles. The number of hydrogen-bond donors (Lipinski definition) is 0. The first-order chi connectivity index (χ1) is 16.8. The van der Waals surface area contributed by atoms with Crippen LogP contribution >= 0.6 is 0 Å². The summed E-state index contributed by atoms with van der Waals surface area (Å²) in [6.45, 7) is 21.3. The molecule has 3 rings (SSSR count). The molecule has 0 radical (unpaired) electrons. The van der Waals surface area contributed by atoms with Crippen molar-refractivity contribution in [2.75, 3.05) is 19.6 Å². The Balaban J connectivity index is 1.93. The molecule has 1 aromatic rings. The SMILES string of the molecule is C=C/C(C)=C\N1N=C(c2cc(C)c(/C=C(\N=CC)C3CCN(CCC)CC3)c(F)c2)C=C(C)C1=C. The minimum absolute atomic E-state index is 0.255. The van der Waals surface area contributed by atoms with Crippen LogP contribution in [0.2, 0.25) is 0 Å². The van der Waals surface area contributed by atoms with Crippen molar-refractivity contribution in [1.29, 1.82) is 0 Å². The molecular weight excluding hydrogens is 435 g/mol. The average molecular weight is 475 g/mol. The topological polar surface area (TPSA) is 31.2 Å². The van der Waals surface area contributed by atoms with Crippen molar-refractivity contribution >= 4 is 18.0 Å². The summed E-state index contributed by atoms with van der Waals surface area (Å²) in [5, 5.41) is 6.45. The van der Waals surface area contributed by atoms with Crippen LogP contribution in [0.5, 0.6) is 0 Å².